The Hall–Kier alpha value is -0.620. The van der Waals surface area contributed by atoms with Crippen LogP contribution in [0.4, 0.5) is 0 Å². The van der Waals surface area contributed by atoms with Gasteiger partial charge in [-0.1, -0.05) is 0 Å². The van der Waals surface area contributed by atoms with Gasteiger partial charge in [0.15, 0.2) is 9.84 Å². The Morgan fingerprint density at radius 1 is 1.57 bits per heavy atom. The molecule has 14 heavy (non-hydrogen) atoms. The predicted molar refractivity (Wildman–Crippen MR) is 51.7 cm³/mol. The van der Waals surface area contributed by atoms with Crippen molar-refractivity contribution < 1.29 is 17.9 Å². The minimum Gasteiger partial charge on any atom is -0.466 e. The molecule has 0 radical (unpaired) electrons. The fraction of sp³-hybridized carbons (Fsp3) is 0.875. The van der Waals surface area contributed by atoms with E-state index in [9.17, 15) is 13.2 Å². The molecule has 0 spiro atoms. The number of hydrogen-bond donors (Lipinski definition) is 1. The normalized spacial score (nSPS) is 25.6. The van der Waals surface area contributed by atoms with Gasteiger partial charge in [-0.15, -0.1) is 0 Å². The van der Waals surface area contributed by atoms with E-state index in [1.807, 2.05) is 0 Å². The van der Waals surface area contributed by atoms with Crippen molar-refractivity contribution in [2.24, 2.45) is 0 Å². The molecule has 0 aromatic rings. The van der Waals surface area contributed by atoms with Crippen molar-refractivity contribution >= 4 is 15.8 Å². The molecule has 1 N–H and O–H groups in total. The Labute approximate surface area is 83.7 Å². The van der Waals surface area contributed by atoms with Crippen LogP contribution in [0.5, 0.6) is 0 Å². The van der Waals surface area contributed by atoms with Gasteiger partial charge in [-0.25, -0.2) is 8.42 Å². The van der Waals surface area contributed by atoms with Crippen molar-refractivity contribution in [1.82, 2.24) is 5.32 Å². The molecule has 1 unspecified atom stereocenters. The average Bonchev–Trinajstić information content (AvgIpc) is 2.09. The summed E-state index contributed by atoms with van der Waals surface area (Å²) in [6.07, 6.45) is -0.0385. The van der Waals surface area contributed by atoms with Crippen LogP contribution in [0.15, 0.2) is 0 Å². The first-order chi connectivity index (χ1) is 6.56. The number of rotatable bonds is 3. The van der Waals surface area contributed by atoms with Crippen LogP contribution in [-0.4, -0.2) is 45.1 Å². The van der Waals surface area contributed by atoms with Crippen molar-refractivity contribution in [2.75, 3.05) is 25.4 Å². The van der Waals surface area contributed by atoms with E-state index in [1.165, 1.54) is 0 Å². The third-order valence-electron chi connectivity index (χ3n) is 2.14. The molecule has 0 aromatic heterocycles. The van der Waals surface area contributed by atoms with Crippen LogP contribution in [0.1, 0.15) is 13.3 Å². The monoisotopic (exact) mass is 221 g/mol. The number of ether oxygens (including phenoxy) is 1. The van der Waals surface area contributed by atoms with Crippen molar-refractivity contribution in [2.45, 2.75) is 18.6 Å². The Bertz CT molecular complexity index is 298. The Balaban J connectivity index is 2.54. The first-order valence-corrected chi connectivity index (χ1v) is 6.35. The van der Waals surface area contributed by atoms with E-state index >= 15 is 0 Å². The minimum atomic E-state index is -3.10. The number of nitrogens with one attached hydrogen (secondary N) is 1. The molecule has 1 fully saturated rings. The standard InChI is InChI=1S/C8H15NO4S/c1-2-13-8(10)5-7-6-9-3-4-14(7,11)12/h7,9H,2-6H2,1H3. The van der Waals surface area contributed by atoms with Gasteiger partial charge in [-0.2, -0.15) is 0 Å². The predicted octanol–water partition coefficient (Wildman–Crippen LogP) is -0.674. The summed E-state index contributed by atoms with van der Waals surface area (Å²) in [7, 11) is -3.10. The Morgan fingerprint density at radius 2 is 2.29 bits per heavy atom. The maximum atomic E-state index is 11.5. The average molecular weight is 221 g/mol. The zero-order chi connectivity index (χ0) is 10.6. The summed E-state index contributed by atoms with van der Waals surface area (Å²) in [4.78, 5) is 11.1. The zero-order valence-corrected chi connectivity index (χ0v) is 8.97. The second-order valence-electron chi connectivity index (χ2n) is 3.20. The summed E-state index contributed by atoms with van der Waals surface area (Å²) in [5, 5.41) is 2.34. The van der Waals surface area contributed by atoms with E-state index in [-0.39, 0.29) is 12.2 Å². The molecule has 5 nitrogen and oxygen atoms in total. The first-order valence-electron chi connectivity index (χ1n) is 4.64. The number of esters is 1. The van der Waals surface area contributed by atoms with Gasteiger partial charge >= 0.3 is 5.97 Å². The van der Waals surface area contributed by atoms with Crippen LogP contribution in [0.2, 0.25) is 0 Å². The van der Waals surface area contributed by atoms with Gasteiger partial charge in [0.25, 0.3) is 0 Å². The Kier molecular flexibility index (Phi) is 3.88. The molecule has 0 bridgehead atoms. The fourth-order valence-corrected chi connectivity index (χ4v) is 2.90. The molecule has 1 saturated heterocycles. The molecule has 6 heteroatoms. The lowest BCUT2D eigenvalue weighted by molar-refractivity contribution is -0.143. The van der Waals surface area contributed by atoms with Crippen LogP contribution < -0.4 is 5.32 Å². The molecule has 0 saturated carbocycles. The highest BCUT2D eigenvalue weighted by atomic mass is 32.2. The van der Waals surface area contributed by atoms with Gasteiger partial charge in [0.05, 0.1) is 24.0 Å². The van der Waals surface area contributed by atoms with E-state index in [2.05, 4.69) is 5.32 Å². The number of carbonyl (C=O) groups is 1. The van der Waals surface area contributed by atoms with Crippen LogP contribution in [0, 0.1) is 0 Å². The van der Waals surface area contributed by atoms with Crippen molar-refractivity contribution in [3.05, 3.63) is 0 Å². The molecular weight excluding hydrogens is 206 g/mol. The molecule has 0 aliphatic carbocycles. The molecule has 1 aliphatic rings. The highest BCUT2D eigenvalue weighted by molar-refractivity contribution is 7.92. The van der Waals surface area contributed by atoms with E-state index in [4.69, 9.17) is 4.74 Å². The maximum absolute atomic E-state index is 11.5. The van der Waals surface area contributed by atoms with Crippen molar-refractivity contribution in [1.29, 1.82) is 0 Å². The third-order valence-corrected chi connectivity index (χ3v) is 4.27. The number of hydrogen-bond acceptors (Lipinski definition) is 5. The fourth-order valence-electron chi connectivity index (χ4n) is 1.38. The smallest absolute Gasteiger partial charge is 0.307 e. The largest absolute Gasteiger partial charge is 0.466 e. The van der Waals surface area contributed by atoms with E-state index in [0.717, 1.165) is 0 Å². The summed E-state index contributed by atoms with van der Waals surface area (Å²) < 4.78 is 27.7. The summed E-state index contributed by atoms with van der Waals surface area (Å²) in [6.45, 7) is 2.81. The molecule has 1 rings (SSSR count). The summed E-state index contributed by atoms with van der Waals surface area (Å²) in [6, 6.07) is 0. The van der Waals surface area contributed by atoms with Crippen LogP contribution in [-0.2, 0) is 19.4 Å². The lowest BCUT2D eigenvalue weighted by Gasteiger charge is -2.22. The van der Waals surface area contributed by atoms with E-state index < -0.39 is 21.1 Å². The van der Waals surface area contributed by atoms with Gasteiger partial charge in [0.2, 0.25) is 0 Å². The SMILES string of the molecule is CCOC(=O)CC1CNCCS1(=O)=O. The van der Waals surface area contributed by atoms with Gasteiger partial charge in [-0.3, -0.25) is 4.79 Å². The molecule has 1 aliphatic heterocycles. The van der Waals surface area contributed by atoms with Gasteiger partial charge in [0.1, 0.15) is 0 Å². The summed E-state index contributed by atoms with van der Waals surface area (Å²) in [5.41, 5.74) is 0. The van der Waals surface area contributed by atoms with Gasteiger partial charge in [0, 0.05) is 13.1 Å². The lowest BCUT2D eigenvalue weighted by Crippen LogP contribution is -2.45. The van der Waals surface area contributed by atoms with E-state index in [0.29, 0.717) is 19.7 Å². The molecule has 0 aromatic carbocycles. The first kappa shape index (κ1) is 11.5. The molecule has 82 valence electrons. The number of sulfone groups is 1. The number of carbonyl (C=O) groups excluding carboxylic acids is 1. The highest BCUT2D eigenvalue weighted by Crippen LogP contribution is 2.10. The van der Waals surface area contributed by atoms with Crippen LogP contribution >= 0.6 is 0 Å². The minimum absolute atomic E-state index is 0.0385. The van der Waals surface area contributed by atoms with Gasteiger partial charge in [-0.05, 0) is 6.92 Å². The van der Waals surface area contributed by atoms with Crippen molar-refractivity contribution in [3.63, 3.8) is 0 Å². The third kappa shape index (κ3) is 2.95. The van der Waals surface area contributed by atoms with Gasteiger partial charge < -0.3 is 10.1 Å². The van der Waals surface area contributed by atoms with E-state index in [1.54, 1.807) is 6.92 Å². The molecule has 1 heterocycles. The topological polar surface area (TPSA) is 72.5 Å². The van der Waals surface area contributed by atoms with Crippen molar-refractivity contribution in [3.8, 4) is 0 Å². The summed E-state index contributed by atoms with van der Waals surface area (Å²) in [5.74, 6) is -0.332. The lowest BCUT2D eigenvalue weighted by atomic mass is 10.3. The quantitative estimate of drug-likeness (QED) is 0.640. The Morgan fingerprint density at radius 3 is 2.86 bits per heavy atom. The molecule has 1 atom stereocenters. The zero-order valence-electron chi connectivity index (χ0n) is 8.15. The second kappa shape index (κ2) is 4.75. The van der Waals surface area contributed by atoms with Crippen LogP contribution in [0.3, 0.4) is 0 Å². The summed E-state index contributed by atoms with van der Waals surface area (Å²) >= 11 is 0. The second-order valence-corrected chi connectivity index (χ2v) is 5.60. The van der Waals surface area contributed by atoms with Crippen LogP contribution in [0.25, 0.3) is 0 Å². The molecule has 0 amide bonds. The molecular formula is C8H15NO4S. The highest BCUT2D eigenvalue weighted by Gasteiger charge is 2.30. The maximum Gasteiger partial charge on any atom is 0.307 e.